The molecule has 1 heterocycles. The van der Waals surface area contributed by atoms with Crippen molar-refractivity contribution < 1.29 is 14.7 Å². The summed E-state index contributed by atoms with van der Waals surface area (Å²) < 4.78 is 4.91. The Morgan fingerprint density at radius 2 is 1.92 bits per heavy atom. The molecule has 2 N–H and O–H groups in total. The van der Waals surface area contributed by atoms with Gasteiger partial charge in [-0.15, -0.1) is 0 Å². The lowest BCUT2D eigenvalue weighted by Gasteiger charge is -1.90. The van der Waals surface area contributed by atoms with Gasteiger partial charge in [0.2, 0.25) is 5.89 Å². The zero-order valence-corrected chi connectivity index (χ0v) is 7.44. The SMILES string of the molecule is OCCCCc1nc(CCO)no1. The summed E-state index contributed by atoms with van der Waals surface area (Å²) in [4.78, 5) is 4.05. The molecule has 0 aliphatic rings. The fourth-order valence-electron chi connectivity index (χ4n) is 0.981. The number of aliphatic hydroxyl groups is 2. The van der Waals surface area contributed by atoms with Crippen LogP contribution in [-0.2, 0) is 12.8 Å². The van der Waals surface area contributed by atoms with Crippen molar-refractivity contribution in [2.75, 3.05) is 13.2 Å². The summed E-state index contributed by atoms with van der Waals surface area (Å²) in [6.07, 6.45) is 2.72. The van der Waals surface area contributed by atoms with Crippen LogP contribution in [0.2, 0.25) is 0 Å². The number of aliphatic hydroxyl groups excluding tert-OH is 2. The third-order valence-corrected chi connectivity index (χ3v) is 1.64. The van der Waals surface area contributed by atoms with E-state index in [1.165, 1.54) is 0 Å². The highest BCUT2D eigenvalue weighted by Gasteiger charge is 2.04. The maximum absolute atomic E-state index is 8.59. The van der Waals surface area contributed by atoms with Gasteiger partial charge in [0.1, 0.15) is 0 Å². The molecule has 0 fully saturated rings. The van der Waals surface area contributed by atoms with Crippen LogP contribution >= 0.6 is 0 Å². The lowest BCUT2D eigenvalue weighted by Crippen LogP contribution is -1.93. The van der Waals surface area contributed by atoms with E-state index < -0.39 is 0 Å². The summed E-state index contributed by atoms with van der Waals surface area (Å²) in [6.45, 7) is 0.229. The summed E-state index contributed by atoms with van der Waals surface area (Å²) in [5, 5.41) is 20.8. The number of aryl methyl sites for hydroxylation is 1. The summed E-state index contributed by atoms with van der Waals surface area (Å²) in [7, 11) is 0. The predicted molar refractivity (Wildman–Crippen MR) is 45.1 cm³/mol. The molecule has 0 saturated carbocycles. The molecule has 0 aliphatic carbocycles. The van der Waals surface area contributed by atoms with E-state index in [2.05, 4.69) is 10.1 Å². The van der Waals surface area contributed by atoms with Crippen molar-refractivity contribution in [3.05, 3.63) is 11.7 Å². The Morgan fingerprint density at radius 3 is 2.62 bits per heavy atom. The van der Waals surface area contributed by atoms with Crippen LogP contribution in [0.4, 0.5) is 0 Å². The lowest BCUT2D eigenvalue weighted by atomic mass is 10.2. The first-order valence-corrected chi connectivity index (χ1v) is 4.40. The first-order valence-electron chi connectivity index (χ1n) is 4.40. The Balaban J connectivity index is 2.31. The van der Waals surface area contributed by atoms with E-state index in [1.807, 2.05) is 0 Å². The standard InChI is InChI=1S/C8H14N2O3/c11-5-2-1-3-8-9-7(4-6-12)10-13-8/h11-12H,1-6H2. The van der Waals surface area contributed by atoms with Crippen molar-refractivity contribution in [3.63, 3.8) is 0 Å². The van der Waals surface area contributed by atoms with Gasteiger partial charge in [-0.05, 0) is 12.8 Å². The number of rotatable bonds is 6. The molecule has 0 amide bonds. The highest BCUT2D eigenvalue weighted by molar-refractivity contribution is 4.86. The van der Waals surface area contributed by atoms with Gasteiger partial charge < -0.3 is 14.7 Å². The van der Waals surface area contributed by atoms with Crippen LogP contribution < -0.4 is 0 Å². The van der Waals surface area contributed by atoms with Crippen LogP contribution in [0.3, 0.4) is 0 Å². The van der Waals surface area contributed by atoms with Crippen molar-refractivity contribution in [2.24, 2.45) is 0 Å². The summed E-state index contributed by atoms with van der Waals surface area (Å²) in [6, 6.07) is 0. The van der Waals surface area contributed by atoms with Crippen molar-refractivity contribution >= 4 is 0 Å². The number of hydrogen-bond donors (Lipinski definition) is 2. The van der Waals surface area contributed by atoms with Gasteiger partial charge in [0.25, 0.3) is 0 Å². The summed E-state index contributed by atoms with van der Waals surface area (Å²) >= 11 is 0. The van der Waals surface area contributed by atoms with E-state index in [0.29, 0.717) is 24.6 Å². The van der Waals surface area contributed by atoms with Crippen LogP contribution in [0.5, 0.6) is 0 Å². The smallest absolute Gasteiger partial charge is 0.226 e. The van der Waals surface area contributed by atoms with Crippen molar-refractivity contribution in [1.82, 2.24) is 10.1 Å². The van der Waals surface area contributed by atoms with Gasteiger partial charge in [0.15, 0.2) is 5.82 Å². The monoisotopic (exact) mass is 186 g/mol. The third kappa shape index (κ3) is 3.52. The van der Waals surface area contributed by atoms with Crippen LogP contribution in [0.1, 0.15) is 24.6 Å². The van der Waals surface area contributed by atoms with Crippen LogP contribution in [0, 0.1) is 0 Å². The van der Waals surface area contributed by atoms with E-state index in [1.54, 1.807) is 0 Å². The van der Waals surface area contributed by atoms with Gasteiger partial charge in [0.05, 0.1) is 6.61 Å². The number of unbranched alkanes of at least 4 members (excludes halogenated alkanes) is 1. The van der Waals surface area contributed by atoms with E-state index in [9.17, 15) is 0 Å². The zero-order chi connectivity index (χ0) is 9.52. The second kappa shape index (κ2) is 5.66. The Bertz CT molecular complexity index is 237. The summed E-state index contributed by atoms with van der Waals surface area (Å²) in [5.41, 5.74) is 0. The third-order valence-electron chi connectivity index (χ3n) is 1.64. The first-order chi connectivity index (χ1) is 6.36. The second-order valence-corrected chi connectivity index (χ2v) is 2.76. The minimum atomic E-state index is 0.0373. The van der Waals surface area contributed by atoms with Crippen LogP contribution in [-0.4, -0.2) is 33.6 Å². The van der Waals surface area contributed by atoms with Gasteiger partial charge in [-0.25, -0.2) is 0 Å². The van der Waals surface area contributed by atoms with E-state index in [0.717, 1.165) is 12.8 Å². The second-order valence-electron chi connectivity index (χ2n) is 2.76. The Morgan fingerprint density at radius 1 is 1.08 bits per heavy atom. The van der Waals surface area contributed by atoms with E-state index in [4.69, 9.17) is 14.7 Å². The average Bonchev–Trinajstić information content (AvgIpc) is 2.54. The molecule has 0 saturated heterocycles. The number of nitrogens with zero attached hydrogens (tertiary/aromatic N) is 2. The van der Waals surface area contributed by atoms with Crippen LogP contribution in [0.25, 0.3) is 0 Å². The quantitative estimate of drug-likeness (QED) is 0.607. The van der Waals surface area contributed by atoms with Gasteiger partial charge in [0, 0.05) is 19.4 Å². The van der Waals surface area contributed by atoms with Crippen LogP contribution in [0.15, 0.2) is 4.52 Å². The van der Waals surface area contributed by atoms with Gasteiger partial charge in [-0.3, -0.25) is 0 Å². The molecule has 5 nitrogen and oxygen atoms in total. The first kappa shape index (κ1) is 10.1. The maximum Gasteiger partial charge on any atom is 0.226 e. The lowest BCUT2D eigenvalue weighted by molar-refractivity contribution is 0.280. The summed E-state index contributed by atoms with van der Waals surface area (Å²) in [5.74, 6) is 1.12. The molecule has 74 valence electrons. The number of aromatic nitrogens is 2. The molecule has 13 heavy (non-hydrogen) atoms. The molecule has 0 spiro atoms. The largest absolute Gasteiger partial charge is 0.396 e. The molecule has 1 aromatic heterocycles. The Kier molecular flexibility index (Phi) is 4.42. The average molecular weight is 186 g/mol. The number of hydrogen-bond acceptors (Lipinski definition) is 5. The van der Waals surface area contributed by atoms with Crippen molar-refractivity contribution in [3.8, 4) is 0 Å². The normalized spacial score (nSPS) is 10.6. The topological polar surface area (TPSA) is 79.4 Å². The van der Waals surface area contributed by atoms with E-state index >= 15 is 0 Å². The fourth-order valence-corrected chi connectivity index (χ4v) is 0.981. The maximum atomic E-state index is 8.59. The van der Waals surface area contributed by atoms with Gasteiger partial charge >= 0.3 is 0 Å². The van der Waals surface area contributed by atoms with Gasteiger partial charge in [-0.2, -0.15) is 4.98 Å². The fraction of sp³-hybridized carbons (Fsp3) is 0.750. The molecule has 5 heteroatoms. The molecule has 0 unspecified atom stereocenters. The molecule has 0 bridgehead atoms. The molecule has 1 rings (SSSR count). The van der Waals surface area contributed by atoms with Crippen molar-refractivity contribution in [2.45, 2.75) is 25.7 Å². The molecule has 0 radical (unpaired) electrons. The minimum absolute atomic E-state index is 0.0373. The molecule has 0 aliphatic heterocycles. The highest BCUT2D eigenvalue weighted by Crippen LogP contribution is 2.02. The minimum Gasteiger partial charge on any atom is -0.396 e. The molecule has 0 aromatic carbocycles. The van der Waals surface area contributed by atoms with Gasteiger partial charge in [-0.1, -0.05) is 5.16 Å². The zero-order valence-electron chi connectivity index (χ0n) is 7.44. The molecular weight excluding hydrogens is 172 g/mol. The molecule has 0 atom stereocenters. The molecule has 1 aromatic rings. The van der Waals surface area contributed by atoms with Crippen molar-refractivity contribution in [1.29, 1.82) is 0 Å². The highest BCUT2D eigenvalue weighted by atomic mass is 16.5. The Hall–Kier alpha value is -0.940. The predicted octanol–water partition coefficient (Wildman–Crippen LogP) is -0.0806. The molecular formula is C8H14N2O3. The van der Waals surface area contributed by atoms with E-state index in [-0.39, 0.29) is 13.2 Å². The Labute approximate surface area is 76.4 Å².